The lowest BCUT2D eigenvalue weighted by atomic mass is 9.94. The zero-order chi connectivity index (χ0) is 30.2. The highest BCUT2D eigenvalue weighted by Gasteiger charge is 2.48. The van der Waals surface area contributed by atoms with Gasteiger partial charge in [0.25, 0.3) is 5.78 Å². The lowest BCUT2D eigenvalue weighted by Crippen LogP contribution is -2.29. The van der Waals surface area contributed by atoms with Crippen LogP contribution in [0.2, 0.25) is 5.02 Å². The Hall–Kier alpha value is -4.19. The van der Waals surface area contributed by atoms with Crippen LogP contribution >= 0.6 is 34.7 Å². The van der Waals surface area contributed by atoms with Crippen molar-refractivity contribution >= 4 is 63.3 Å². The molecule has 6 rings (SSSR count). The van der Waals surface area contributed by atoms with Gasteiger partial charge in [0.1, 0.15) is 17.6 Å². The monoisotopic (exact) mass is 633 g/mol. The summed E-state index contributed by atoms with van der Waals surface area (Å²) in [7, 11) is 1.28. The molecule has 0 radical (unpaired) electrons. The van der Waals surface area contributed by atoms with Gasteiger partial charge < -0.3 is 14.6 Å². The van der Waals surface area contributed by atoms with Crippen molar-refractivity contribution in [3.05, 3.63) is 105 Å². The van der Waals surface area contributed by atoms with Crippen molar-refractivity contribution in [2.24, 2.45) is 0 Å². The second-order valence-electron chi connectivity index (χ2n) is 10.0. The Bertz CT molecular complexity index is 1770. The van der Waals surface area contributed by atoms with E-state index in [0.29, 0.717) is 38.2 Å². The molecule has 4 aromatic rings. The summed E-state index contributed by atoms with van der Waals surface area (Å²) in [5, 5.41) is 20.9. The molecule has 0 saturated carbocycles. The van der Waals surface area contributed by atoms with E-state index in [4.69, 9.17) is 21.1 Å². The van der Waals surface area contributed by atoms with Crippen LogP contribution < -0.4 is 9.64 Å². The van der Waals surface area contributed by atoms with Crippen LogP contribution in [0.1, 0.15) is 45.6 Å². The maximum atomic E-state index is 13.6. The quantitative estimate of drug-likeness (QED) is 0.0632. The number of fused-ring (bicyclic) bond motifs is 1. The van der Waals surface area contributed by atoms with Crippen molar-refractivity contribution < 1.29 is 29.0 Å². The minimum absolute atomic E-state index is 0.00420. The molecule has 0 bridgehead atoms. The molecule has 1 fully saturated rings. The van der Waals surface area contributed by atoms with Crippen molar-refractivity contribution in [3.8, 4) is 5.75 Å². The molecule has 1 saturated heterocycles. The summed E-state index contributed by atoms with van der Waals surface area (Å²) < 4.78 is 11.2. The number of halogens is 1. The molecular weight excluding hydrogens is 610 g/mol. The number of carbonyl (C=O) groups excluding carboxylic acids is 3. The Morgan fingerprint density at radius 2 is 1.81 bits per heavy atom. The average molecular weight is 634 g/mol. The van der Waals surface area contributed by atoms with Crippen LogP contribution in [0, 0.1) is 0 Å². The third kappa shape index (κ3) is 5.63. The number of nitrogens with zero attached hydrogens (tertiary/aromatic N) is 3. The predicted octanol–water partition coefficient (Wildman–Crippen LogP) is 6.22. The van der Waals surface area contributed by atoms with Gasteiger partial charge in [-0.1, -0.05) is 59.0 Å². The number of ketones is 1. The van der Waals surface area contributed by atoms with Gasteiger partial charge in [-0.15, -0.1) is 10.2 Å². The second kappa shape index (κ2) is 11.8. The van der Waals surface area contributed by atoms with Gasteiger partial charge in [0, 0.05) is 22.8 Å². The van der Waals surface area contributed by atoms with Gasteiger partial charge in [0.2, 0.25) is 5.13 Å². The van der Waals surface area contributed by atoms with E-state index in [9.17, 15) is 19.5 Å². The zero-order valence-corrected chi connectivity index (χ0v) is 25.3. The molecule has 218 valence electrons. The summed E-state index contributed by atoms with van der Waals surface area (Å²) in [5.41, 5.74) is 3.03. The molecule has 43 heavy (non-hydrogen) atoms. The fourth-order valence-corrected chi connectivity index (χ4v) is 7.02. The van der Waals surface area contributed by atoms with Gasteiger partial charge in [0.05, 0.1) is 24.3 Å². The number of hydrogen-bond donors (Lipinski definition) is 1. The van der Waals surface area contributed by atoms with E-state index in [1.54, 1.807) is 42.5 Å². The molecule has 1 amide bonds. The van der Waals surface area contributed by atoms with Crippen molar-refractivity contribution in [1.82, 2.24) is 10.2 Å². The van der Waals surface area contributed by atoms with E-state index >= 15 is 0 Å². The minimum atomic E-state index is -1.02. The largest absolute Gasteiger partial charge is 0.507 e. The smallest absolute Gasteiger partial charge is 0.337 e. The zero-order valence-electron chi connectivity index (χ0n) is 22.9. The van der Waals surface area contributed by atoms with E-state index in [0.717, 1.165) is 16.9 Å². The third-order valence-corrected chi connectivity index (χ3v) is 9.52. The summed E-state index contributed by atoms with van der Waals surface area (Å²) >= 11 is 8.59. The predicted molar refractivity (Wildman–Crippen MR) is 164 cm³/mol. The van der Waals surface area contributed by atoms with Crippen molar-refractivity contribution in [2.75, 3.05) is 12.0 Å². The molecule has 2 aliphatic rings. The fraction of sp³-hybridized carbons (Fsp3) is 0.194. The first-order valence-electron chi connectivity index (χ1n) is 13.2. The number of carbonyl (C=O) groups is 3. The van der Waals surface area contributed by atoms with E-state index in [1.165, 1.54) is 35.1 Å². The van der Waals surface area contributed by atoms with E-state index in [-0.39, 0.29) is 22.6 Å². The molecule has 1 N–H and O–H groups in total. The third-order valence-electron chi connectivity index (χ3n) is 7.14. The highest BCUT2D eigenvalue weighted by Crippen LogP contribution is 2.44. The summed E-state index contributed by atoms with van der Waals surface area (Å²) in [6, 6.07) is 18.0. The number of esters is 1. The van der Waals surface area contributed by atoms with Gasteiger partial charge in [-0.05, 0) is 66.1 Å². The molecule has 3 aromatic carbocycles. The molecule has 2 aliphatic heterocycles. The van der Waals surface area contributed by atoms with E-state index < -0.39 is 23.7 Å². The van der Waals surface area contributed by atoms with Gasteiger partial charge in [0.15, 0.2) is 4.34 Å². The van der Waals surface area contributed by atoms with Crippen LogP contribution in [0.4, 0.5) is 5.13 Å². The van der Waals surface area contributed by atoms with Crippen LogP contribution in [0.15, 0.2) is 76.6 Å². The number of hydrogen-bond acceptors (Lipinski definition) is 10. The summed E-state index contributed by atoms with van der Waals surface area (Å²) in [6.45, 7) is 1.95. The Kier molecular flexibility index (Phi) is 7.95. The molecular formula is C31H24ClN3O6S2. The number of thioether (sulfide) groups is 1. The number of amides is 1. The van der Waals surface area contributed by atoms with Crippen LogP contribution in [0.25, 0.3) is 5.76 Å². The first-order valence-corrected chi connectivity index (χ1v) is 15.4. The van der Waals surface area contributed by atoms with Crippen LogP contribution in [-0.2, 0) is 26.5 Å². The van der Waals surface area contributed by atoms with E-state index in [2.05, 4.69) is 10.2 Å². The van der Waals surface area contributed by atoms with Crippen molar-refractivity contribution in [1.29, 1.82) is 0 Å². The number of rotatable bonds is 7. The molecule has 2 unspecified atom stereocenters. The first-order chi connectivity index (χ1) is 20.7. The number of aromatic nitrogens is 2. The number of Topliss-reactive ketones (excluding diaryl/α,β-unsaturated/α-hetero) is 1. The summed E-state index contributed by atoms with van der Waals surface area (Å²) in [6.07, 6.45) is 0.653. The Morgan fingerprint density at radius 3 is 2.53 bits per heavy atom. The molecule has 0 aliphatic carbocycles. The average Bonchev–Trinajstić information content (AvgIpc) is 3.71. The number of benzene rings is 3. The van der Waals surface area contributed by atoms with E-state index in [1.807, 2.05) is 31.2 Å². The second-order valence-corrected chi connectivity index (χ2v) is 12.6. The highest BCUT2D eigenvalue weighted by atomic mass is 35.5. The molecule has 9 nitrogen and oxygen atoms in total. The normalized spacial score (nSPS) is 18.9. The van der Waals surface area contributed by atoms with Gasteiger partial charge in [-0.2, -0.15) is 0 Å². The number of aliphatic hydroxyl groups excluding tert-OH is 1. The van der Waals surface area contributed by atoms with Gasteiger partial charge in [-0.25, -0.2) is 4.79 Å². The molecule has 3 heterocycles. The summed E-state index contributed by atoms with van der Waals surface area (Å²) in [5.74, 6) is -1.21. The maximum Gasteiger partial charge on any atom is 0.337 e. The van der Waals surface area contributed by atoms with Gasteiger partial charge in [-0.3, -0.25) is 14.5 Å². The first kappa shape index (κ1) is 28.9. The highest BCUT2D eigenvalue weighted by molar-refractivity contribution is 8.00. The molecule has 12 heteroatoms. The number of anilines is 1. The summed E-state index contributed by atoms with van der Waals surface area (Å²) in [4.78, 5) is 40.5. The standard InChI is InChI=1S/C31H24ClN3O6S2/c1-16-13-21-14-20(9-12-23(21)41-16)26(36)24-25(18-5-7-19(8-6-18)29(39)40-2)35(28(38)27(24)37)30-33-34-31(43-30)42-15-17-3-10-22(32)11-4-17/h3-12,14,16,25,36H,13,15H2,1-2H3/b26-24+. The van der Waals surface area contributed by atoms with Crippen molar-refractivity contribution in [2.45, 2.75) is 35.6 Å². The van der Waals surface area contributed by atoms with Crippen LogP contribution in [0.3, 0.4) is 0 Å². The molecule has 1 aromatic heterocycles. The number of aliphatic hydroxyl groups is 1. The molecule has 0 spiro atoms. The van der Waals surface area contributed by atoms with Gasteiger partial charge >= 0.3 is 11.9 Å². The number of methoxy groups -OCH3 is 1. The Balaban J connectivity index is 1.39. The lowest BCUT2D eigenvalue weighted by molar-refractivity contribution is -0.132. The Morgan fingerprint density at radius 1 is 1.09 bits per heavy atom. The van der Waals surface area contributed by atoms with Crippen molar-refractivity contribution in [3.63, 3.8) is 0 Å². The van der Waals surface area contributed by atoms with Crippen LogP contribution in [-0.4, -0.2) is 46.2 Å². The fourth-order valence-electron chi connectivity index (χ4n) is 5.07. The Labute approximate surface area is 260 Å². The lowest BCUT2D eigenvalue weighted by Gasteiger charge is -2.22. The van der Waals surface area contributed by atoms with Crippen LogP contribution in [0.5, 0.6) is 5.75 Å². The maximum absolute atomic E-state index is 13.6. The molecule has 2 atom stereocenters. The minimum Gasteiger partial charge on any atom is -0.507 e. The topological polar surface area (TPSA) is 119 Å². The number of ether oxygens (including phenoxy) is 2. The SMILES string of the molecule is COC(=O)c1ccc(C2/C(=C(\O)c3ccc4c(c3)CC(C)O4)C(=O)C(=O)N2c2nnc(SCc3ccc(Cl)cc3)s2)cc1.